The first kappa shape index (κ1) is 26.2. The van der Waals surface area contributed by atoms with E-state index in [4.69, 9.17) is 11.6 Å². The third kappa shape index (κ3) is 8.82. The molecule has 0 bridgehead atoms. The van der Waals surface area contributed by atoms with Crippen LogP contribution >= 0.6 is 11.6 Å². The Morgan fingerprint density at radius 3 is 2.79 bits per heavy atom. The summed E-state index contributed by atoms with van der Waals surface area (Å²) in [6.45, 7) is 5.33. The second-order valence-electron chi connectivity index (χ2n) is 6.91. The third-order valence-corrected chi connectivity index (χ3v) is 4.58. The van der Waals surface area contributed by atoms with Crippen LogP contribution < -0.4 is 10.7 Å². The number of rotatable bonds is 8. The molecule has 0 aliphatic carbocycles. The van der Waals surface area contributed by atoms with Gasteiger partial charge in [-0.1, -0.05) is 23.7 Å². The molecule has 0 radical (unpaired) electrons. The number of hydrogen-bond acceptors (Lipinski definition) is 9. The number of nitro groups is 1. The monoisotopic (exact) mass is 487 g/mol. The number of halogens is 1. The second kappa shape index (κ2) is 13.5. The highest BCUT2D eigenvalue weighted by Gasteiger charge is 2.17. The molecule has 13 heteroatoms. The molecule has 180 valence electrons. The van der Waals surface area contributed by atoms with Crippen LogP contribution in [0, 0.1) is 10.1 Å². The van der Waals surface area contributed by atoms with Crippen LogP contribution in [0.1, 0.15) is 25.0 Å². The molecule has 1 aliphatic rings. The Kier molecular flexibility index (Phi) is 10.4. The molecule has 34 heavy (non-hydrogen) atoms. The van der Waals surface area contributed by atoms with Crippen molar-refractivity contribution in [3.63, 3.8) is 0 Å². The fourth-order valence-corrected chi connectivity index (χ4v) is 2.81. The number of pyridine rings is 2. The van der Waals surface area contributed by atoms with Gasteiger partial charge in [-0.3, -0.25) is 15.1 Å². The quantitative estimate of drug-likeness (QED) is 0.252. The van der Waals surface area contributed by atoms with Crippen molar-refractivity contribution in [2.45, 2.75) is 20.4 Å². The van der Waals surface area contributed by atoms with E-state index in [1.165, 1.54) is 5.01 Å². The van der Waals surface area contributed by atoms with Crippen LogP contribution in [0.5, 0.6) is 0 Å². The highest BCUT2D eigenvalue weighted by atomic mass is 35.5. The van der Waals surface area contributed by atoms with Crippen LogP contribution in [-0.2, 0) is 6.54 Å². The van der Waals surface area contributed by atoms with E-state index in [1.54, 1.807) is 37.9 Å². The highest BCUT2D eigenvalue weighted by Crippen LogP contribution is 2.11. The molecule has 0 saturated carbocycles. The fraction of sp³-hybridized carbons (Fsp3) is 0.286. The summed E-state index contributed by atoms with van der Waals surface area (Å²) in [4.78, 5) is 31.1. The maximum Gasteiger partial charge on any atom is 0.358 e. The second-order valence-corrected chi connectivity index (χ2v) is 7.29. The SMILES string of the molecule is CC1=NNC(=O)N(/N=C/c2cccnc2)C1.CCN(Cc1ccc(Cl)nc1)/C(=C/[N+](=O)[O-])NC. The lowest BCUT2D eigenvalue weighted by atomic mass is 10.2. The van der Waals surface area contributed by atoms with Crippen LogP contribution in [0.4, 0.5) is 4.79 Å². The molecule has 0 spiro atoms. The molecule has 3 heterocycles. The predicted molar refractivity (Wildman–Crippen MR) is 130 cm³/mol. The van der Waals surface area contributed by atoms with Gasteiger partial charge in [0.25, 0.3) is 6.20 Å². The van der Waals surface area contributed by atoms with Crippen LogP contribution in [0.15, 0.2) is 65.1 Å². The van der Waals surface area contributed by atoms with Crippen molar-refractivity contribution in [1.82, 2.24) is 30.6 Å². The normalized spacial score (nSPS) is 13.5. The van der Waals surface area contributed by atoms with Gasteiger partial charge in [-0.25, -0.2) is 20.2 Å². The summed E-state index contributed by atoms with van der Waals surface area (Å²) < 4.78 is 0. The Morgan fingerprint density at radius 2 is 2.21 bits per heavy atom. The Balaban J connectivity index is 0.000000241. The minimum atomic E-state index is -0.478. The van der Waals surface area contributed by atoms with E-state index in [9.17, 15) is 14.9 Å². The van der Waals surface area contributed by atoms with Crippen molar-refractivity contribution in [2.24, 2.45) is 10.2 Å². The summed E-state index contributed by atoms with van der Waals surface area (Å²) in [6, 6.07) is 6.88. The molecule has 2 amide bonds. The molecule has 2 aromatic rings. The first-order valence-electron chi connectivity index (χ1n) is 10.3. The number of urea groups is 1. The van der Waals surface area contributed by atoms with Crippen molar-refractivity contribution >= 4 is 29.6 Å². The zero-order valence-electron chi connectivity index (χ0n) is 19.1. The van der Waals surface area contributed by atoms with Crippen LogP contribution in [0.3, 0.4) is 0 Å². The van der Waals surface area contributed by atoms with Gasteiger partial charge in [0.1, 0.15) is 5.15 Å². The fourth-order valence-electron chi connectivity index (χ4n) is 2.70. The van der Waals surface area contributed by atoms with Gasteiger partial charge in [0, 0.05) is 44.3 Å². The first-order valence-corrected chi connectivity index (χ1v) is 10.6. The summed E-state index contributed by atoms with van der Waals surface area (Å²) in [5.74, 6) is 0.456. The minimum absolute atomic E-state index is 0.328. The zero-order chi connectivity index (χ0) is 24.9. The Hall–Kier alpha value is -4.06. The van der Waals surface area contributed by atoms with E-state index in [-0.39, 0.29) is 6.03 Å². The van der Waals surface area contributed by atoms with E-state index in [0.29, 0.717) is 30.6 Å². The third-order valence-electron chi connectivity index (χ3n) is 4.35. The number of carbonyl (C=O) groups excluding carboxylic acids is 1. The van der Waals surface area contributed by atoms with E-state index in [0.717, 1.165) is 23.0 Å². The standard InChI is InChI=1S/C11H15ClN4O2.C10H11N5O/c1-3-15(11(13-2)8-16(17)18)7-9-4-5-10(12)14-6-9;1-8-7-15(10(16)14-13-8)12-6-9-3-2-4-11-5-9/h4-6,8,13H,3,7H2,1-2H3;2-6H,7H2,1H3,(H,14,16)/b11-8+;12-6+. The van der Waals surface area contributed by atoms with Gasteiger partial charge in [0.05, 0.1) is 23.4 Å². The highest BCUT2D eigenvalue weighted by molar-refractivity contribution is 6.29. The molecule has 3 rings (SSSR count). The van der Waals surface area contributed by atoms with E-state index >= 15 is 0 Å². The predicted octanol–water partition coefficient (Wildman–Crippen LogP) is 2.67. The molecule has 2 N–H and O–H groups in total. The van der Waals surface area contributed by atoms with Crippen LogP contribution in [0.25, 0.3) is 0 Å². The largest absolute Gasteiger partial charge is 0.370 e. The minimum Gasteiger partial charge on any atom is -0.370 e. The number of amides is 2. The number of nitrogens with zero attached hydrogens (tertiary/aromatic N) is 7. The first-order chi connectivity index (χ1) is 16.3. The Bertz CT molecular complexity index is 1040. The molecular weight excluding hydrogens is 462 g/mol. The Morgan fingerprint density at radius 1 is 1.41 bits per heavy atom. The van der Waals surface area contributed by atoms with Crippen LogP contribution in [0.2, 0.25) is 5.15 Å². The average molecular weight is 488 g/mol. The summed E-state index contributed by atoms with van der Waals surface area (Å²) in [7, 11) is 1.65. The molecule has 12 nitrogen and oxygen atoms in total. The number of carbonyl (C=O) groups is 1. The van der Waals surface area contributed by atoms with Gasteiger partial charge >= 0.3 is 6.03 Å². The summed E-state index contributed by atoms with van der Waals surface area (Å²) in [5.41, 5.74) is 4.95. The molecule has 0 fully saturated rings. The van der Waals surface area contributed by atoms with Crippen LogP contribution in [-0.4, -0.2) is 62.9 Å². The van der Waals surface area contributed by atoms with Crippen molar-refractivity contribution in [2.75, 3.05) is 20.1 Å². The van der Waals surface area contributed by atoms with Gasteiger partial charge in [-0.05, 0) is 31.5 Å². The van der Waals surface area contributed by atoms with E-state index in [1.807, 2.05) is 36.9 Å². The summed E-state index contributed by atoms with van der Waals surface area (Å²) >= 11 is 5.70. The molecular formula is C21H26ClN9O3. The van der Waals surface area contributed by atoms with Gasteiger partial charge in [0.2, 0.25) is 0 Å². The number of nitrogens with one attached hydrogen (secondary N) is 2. The number of hydrogen-bond donors (Lipinski definition) is 2. The topological polar surface area (TPSA) is 141 Å². The van der Waals surface area contributed by atoms with E-state index < -0.39 is 4.92 Å². The number of aromatic nitrogens is 2. The molecule has 0 atom stereocenters. The molecule has 1 aliphatic heterocycles. The lowest BCUT2D eigenvalue weighted by Crippen LogP contribution is -2.42. The Labute approximate surface area is 202 Å². The molecule has 2 aromatic heterocycles. The smallest absolute Gasteiger partial charge is 0.358 e. The lowest BCUT2D eigenvalue weighted by Gasteiger charge is -2.23. The molecule has 0 saturated heterocycles. The maximum atomic E-state index is 11.3. The lowest BCUT2D eigenvalue weighted by molar-refractivity contribution is -0.404. The van der Waals surface area contributed by atoms with Gasteiger partial charge in [0.15, 0.2) is 5.82 Å². The zero-order valence-corrected chi connectivity index (χ0v) is 19.8. The average Bonchev–Trinajstić information content (AvgIpc) is 2.84. The molecule has 0 aromatic carbocycles. The van der Waals surface area contributed by atoms with Crippen molar-refractivity contribution in [3.8, 4) is 0 Å². The van der Waals surface area contributed by atoms with Gasteiger partial charge < -0.3 is 10.2 Å². The molecule has 0 unspecified atom stereocenters. The van der Waals surface area contributed by atoms with Crippen molar-refractivity contribution < 1.29 is 9.72 Å². The van der Waals surface area contributed by atoms with Crippen molar-refractivity contribution in [1.29, 1.82) is 0 Å². The van der Waals surface area contributed by atoms with Crippen molar-refractivity contribution in [3.05, 3.63) is 81.3 Å². The van der Waals surface area contributed by atoms with Gasteiger partial charge in [-0.2, -0.15) is 10.2 Å². The number of hydrazone groups is 2. The maximum absolute atomic E-state index is 11.3. The summed E-state index contributed by atoms with van der Waals surface area (Å²) in [5, 5.41) is 22.9. The van der Waals surface area contributed by atoms with Gasteiger partial charge in [-0.15, -0.1) is 0 Å². The summed E-state index contributed by atoms with van der Waals surface area (Å²) in [6.07, 6.45) is 7.55. The van der Waals surface area contributed by atoms with E-state index in [2.05, 4.69) is 30.9 Å².